The van der Waals surface area contributed by atoms with E-state index in [2.05, 4.69) is 10.2 Å². The van der Waals surface area contributed by atoms with Gasteiger partial charge in [0, 0.05) is 7.05 Å². The highest BCUT2D eigenvalue weighted by Crippen LogP contribution is 2.09. The Morgan fingerprint density at radius 1 is 1.47 bits per heavy atom. The first-order chi connectivity index (χ1) is 7.06. The molecule has 1 aromatic heterocycles. The number of aromatic nitrogens is 2. The molecule has 0 saturated heterocycles. The quantitative estimate of drug-likeness (QED) is 0.691. The second kappa shape index (κ2) is 4.68. The molecule has 0 aromatic carbocycles. The normalized spacial score (nSPS) is 10.1. The van der Waals surface area contributed by atoms with Gasteiger partial charge < -0.3 is 14.7 Å². The van der Waals surface area contributed by atoms with Gasteiger partial charge in [-0.2, -0.15) is 0 Å². The maximum absolute atomic E-state index is 11.3. The Labute approximate surface area is 87.2 Å². The smallest absolute Gasteiger partial charge is 0.325 e. The topological polar surface area (TPSA) is 78.2 Å². The van der Waals surface area contributed by atoms with Crippen LogP contribution in [0.25, 0.3) is 0 Å². The fourth-order valence-corrected chi connectivity index (χ4v) is 1.38. The number of hydrogen-bond donors (Lipinski definition) is 2. The monoisotopic (exact) mass is 213 g/mol. The van der Waals surface area contributed by atoms with E-state index in [1.807, 2.05) is 0 Å². The van der Waals surface area contributed by atoms with Gasteiger partial charge in [-0.15, -0.1) is 0 Å². The molecule has 0 aliphatic rings. The van der Waals surface area contributed by atoms with E-state index in [-0.39, 0.29) is 18.1 Å². The number of aromatic amines is 2. The molecule has 84 valence electrons. The van der Waals surface area contributed by atoms with E-state index in [0.29, 0.717) is 18.0 Å². The molecule has 0 aliphatic heterocycles. The Hall–Kier alpha value is -1.72. The van der Waals surface area contributed by atoms with Crippen LogP contribution in [0.15, 0.2) is 4.79 Å². The van der Waals surface area contributed by atoms with Crippen molar-refractivity contribution in [2.24, 2.45) is 0 Å². The zero-order valence-corrected chi connectivity index (χ0v) is 9.09. The summed E-state index contributed by atoms with van der Waals surface area (Å²) in [5, 5.41) is 5.14. The first-order valence-electron chi connectivity index (χ1n) is 4.70. The minimum atomic E-state index is -0.347. The van der Waals surface area contributed by atoms with Gasteiger partial charge in [-0.3, -0.25) is 14.7 Å². The summed E-state index contributed by atoms with van der Waals surface area (Å²) < 4.78 is 4.79. The van der Waals surface area contributed by atoms with Crippen LogP contribution >= 0.6 is 0 Å². The number of nitrogens with zero attached hydrogens (tertiary/aromatic N) is 1. The summed E-state index contributed by atoms with van der Waals surface area (Å²) in [7, 11) is 1.67. The molecule has 0 saturated carbocycles. The van der Waals surface area contributed by atoms with Crippen molar-refractivity contribution in [2.75, 3.05) is 25.1 Å². The summed E-state index contributed by atoms with van der Waals surface area (Å²) in [6.07, 6.45) is 0. The second-order valence-electron chi connectivity index (χ2n) is 3.21. The van der Waals surface area contributed by atoms with Crippen LogP contribution in [0.3, 0.4) is 0 Å². The third-order valence-electron chi connectivity index (χ3n) is 1.99. The molecule has 0 fully saturated rings. The molecule has 1 rings (SSSR count). The van der Waals surface area contributed by atoms with Crippen molar-refractivity contribution in [3.63, 3.8) is 0 Å². The molecular weight excluding hydrogens is 198 g/mol. The molecule has 0 radical (unpaired) electrons. The van der Waals surface area contributed by atoms with Crippen molar-refractivity contribution < 1.29 is 9.53 Å². The Bertz CT molecular complexity index is 394. The lowest BCUT2D eigenvalue weighted by molar-refractivity contribution is -0.141. The molecule has 15 heavy (non-hydrogen) atoms. The summed E-state index contributed by atoms with van der Waals surface area (Å²) in [5.41, 5.74) is 0.925. The molecule has 0 unspecified atom stereocenters. The molecule has 0 aliphatic carbocycles. The number of rotatable bonds is 4. The van der Waals surface area contributed by atoms with Crippen LogP contribution in [-0.4, -0.2) is 36.4 Å². The Morgan fingerprint density at radius 3 is 2.60 bits per heavy atom. The van der Waals surface area contributed by atoms with E-state index in [0.717, 1.165) is 0 Å². The van der Waals surface area contributed by atoms with Gasteiger partial charge in [-0.1, -0.05) is 0 Å². The van der Waals surface area contributed by atoms with Crippen LogP contribution in [0, 0.1) is 6.92 Å². The van der Waals surface area contributed by atoms with Gasteiger partial charge in [0.05, 0.1) is 12.3 Å². The number of H-pyrrole nitrogens is 2. The molecule has 6 heteroatoms. The highest BCUT2D eigenvalue weighted by Gasteiger charge is 2.14. The highest BCUT2D eigenvalue weighted by atomic mass is 16.5. The molecule has 0 spiro atoms. The number of likely N-dealkylation sites (N-methyl/N-ethyl adjacent to an activating group) is 1. The van der Waals surface area contributed by atoms with E-state index in [4.69, 9.17) is 4.74 Å². The van der Waals surface area contributed by atoms with Crippen molar-refractivity contribution in [1.29, 1.82) is 0 Å². The number of aryl methyl sites for hydroxylation is 1. The summed E-state index contributed by atoms with van der Waals surface area (Å²) in [4.78, 5) is 24.1. The summed E-state index contributed by atoms with van der Waals surface area (Å²) in [5.74, 6) is -0.347. The van der Waals surface area contributed by atoms with Gasteiger partial charge in [0.25, 0.3) is 5.56 Å². The van der Waals surface area contributed by atoms with Crippen molar-refractivity contribution >= 4 is 11.7 Å². The summed E-state index contributed by atoms with van der Waals surface area (Å²) in [6, 6.07) is 0. The van der Waals surface area contributed by atoms with Gasteiger partial charge in [0.2, 0.25) is 0 Å². The third-order valence-corrected chi connectivity index (χ3v) is 1.99. The maximum Gasteiger partial charge on any atom is 0.325 e. The van der Waals surface area contributed by atoms with Gasteiger partial charge >= 0.3 is 5.97 Å². The molecule has 6 nitrogen and oxygen atoms in total. The van der Waals surface area contributed by atoms with Crippen LogP contribution in [0.5, 0.6) is 0 Å². The molecule has 0 amide bonds. The predicted octanol–water partition coefficient (Wildman–Crippen LogP) is 0.0107. The Morgan fingerprint density at radius 2 is 2.13 bits per heavy atom. The van der Waals surface area contributed by atoms with E-state index in [1.165, 1.54) is 0 Å². The summed E-state index contributed by atoms with van der Waals surface area (Å²) in [6.45, 7) is 3.91. The number of carbonyl (C=O) groups is 1. The van der Waals surface area contributed by atoms with Crippen molar-refractivity contribution in [3.05, 3.63) is 16.0 Å². The first kappa shape index (κ1) is 11.4. The van der Waals surface area contributed by atoms with Crippen LogP contribution in [0.4, 0.5) is 5.69 Å². The molecule has 1 aromatic rings. The van der Waals surface area contributed by atoms with E-state index in [1.54, 1.807) is 25.8 Å². The van der Waals surface area contributed by atoms with Gasteiger partial charge in [0.1, 0.15) is 12.2 Å². The third kappa shape index (κ3) is 2.61. The summed E-state index contributed by atoms with van der Waals surface area (Å²) >= 11 is 0. The average Bonchev–Trinajstić information content (AvgIpc) is 2.46. The number of nitrogens with one attached hydrogen (secondary N) is 2. The fraction of sp³-hybridized carbons (Fsp3) is 0.556. The largest absolute Gasteiger partial charge is 0.465 e. The van der Waals surface area contributed by atoms with E-state index in [9.17, 15) is 9.59 Å². The lowest BCUT2D eigenvalue weighted by Crippen LogP contribution is -2.30. The number of hydrogen-bond acceptors (Lipinski definition) is 4. The number of anilines is 1. The zero-order chi connectivity index (χ0) is 11.4. The van der Waals surface area contributed by atoms with Crippen molar-refractivity contribution in [1.82, 2.24) is 10.2 Å². The number of carbonyl (C=O) groups excluding carboxylic acids is 1. The minimum Gasteiger partial charge on any atom is -0.465 e. The molecule has 2 N–H and O–H groups in total. The van der Waals surface area contributed by atoms with Crippen LogP contribution in [0.1, 0.15) is 12.6 Å². The van der Waals surface area contributed by atoms with Crippen molar-refractivity contribution in [3.8, 4) is 0 Å². The fourth-order valence-electron chi connectivity index (χ4n) is 1.38. The van der Waals surface area contributed by atoms with Gasteiger partial charge in [-0.05, 0) is 13.8 Å². The first-order valence-corrected chi connectivity index (χ1v) is 4.70. The zero-order valence-electron chi connectivity index (χ0n) is 9.09. The number of ether oxygens (including phenoxy) is 1. The van der Waals surface area contributed by atoms with Gasteiger partial charge in [0.15, 0.2) is 0 Å². The lowest BCUT2D eigenvalue weighted by atomic mass is 10.3. The van der Waals surface area contributed by atoms with Crippen LogP contribution in [-0.2, 0) is 9.53 Å². The molecule has 0 bridgehead atoms. The van der Waals surface area contributed by atoms with Gasteiger partial charge in [-0.25, -0.2) is 0 Å². The predicted molar refractivity (Wildman–Crippen MR) is 56.1 cm³/mol. The Balaban J connectivity index is 2.73. The standard InChI is InChI=1S/C9H15N3O3/c1-4-15-7(13)5-12(3)8-6(2)10-11-9(8)14/h4-5H2,1-3H3,(H2,10,11,14). The SMILES string of the molecule is CCOC(=O)CN(C)c1c(C)[nH][nH]c1=O. The molecule has 0 atom stereocenters. The van der Waals surface area contributed by atoms with Crippen LogP contribution in [0.2, 0.25) is 0 Å². The average molecular weight is 213 g/mol. The number of esters is 1. The molecule has 1 heterocycles. The lowest BCUT2D eigenvalue weighted by Gasteiger charge is -2.15. The highest BCUT2D eigenvalue weighted by molar-refractivity contribution is 5.75. The van der Waals surface area contributed by atoms with Crippen molar-refractivity contribution in [2.45, 2.75) is 13.8 Å². The maximum atomic E-state index is 11.3. The second-order valence-corrected chi connectivity index (χ2v) is 3.21. The van der Waals surface area contributed by atoms with E-state index >= 15 is 0 Å². The van der Waals surface area contributed by atoms with Crippen LogP contribution < -0.4 is 10.5 Å². The van der Waals surface area contributed by atoms with E-state index < -0.39 is 0 Å². The molecular formula is C9H15N3O3. The Kier molecular flexibility index (Phi) is 3.54. The minimum absolute atomic E-state index is 0.0651.